The first-order chi connectivity index (χ1) is 6.88. The van der Waals surface area contributed by atoms with E-state index in [4.69, 9.17) is 4.74 Å². The van der Waals surface area contributed by atoms with Crippen molar-refractivity contribution < 1.29 is 4.74 Å². The summed E-state index contributed by atoms with van der Waals surface area (Å²) in [6, 6.07) is 8.25. The highest BCUT2D eigenvalue weighted by Gasteiger charge is 1.99. The third-order valence-electron chi connectivity index (χ3n) is 1.79. The highest BCUT2D eigenvalue weighted by Crippen LogP contribution is 2.18. The molecule has 1 nitrogen and oxygen atoms in total. The van der Waals surface area contributed by atoms with E-state index in [9.17, 15) is 0 Å². The van der Waals surface area contributed by atoms with Crippen LogP contribution in [0.25, 0.3) is 0 Å². The van der Waals surface area contributed by atoms with Crippen LogP contribution in [0.2, 0.25) is 0 Å². The van der Waals surface area contributed by atoms with Crippen LogP contribution in [0, 0.1) is 0 Å². The Balaban J connectivity index is 0.000000791. The highest BCUT2D eigenvalue weighted by atomic mass is 16.5. The highest BCUT2D eigenvalue weighted by molar-refractivity contribution is 5.33. The van der Waals surface area contributed by atoms with Gasteiger partial charge in [0.2, 0.25) is 0 Å². The van der Waals surface area contributed by atoms with E-state index in [2.05, 4.69) is 19.1 Å². The van der Waals surface area contributed by atoms with E-state index in [1.165, 1.54) is 12.0 Å². The molecule has 0 aromatic heterocycles. The van der Waals surface area contributed by atoms with Gasteiger partial charge in [-0.15, -0.1) is 0 Å². The first-order valence-corrected chi connectivity index (χ1v) is 5.59. The minimum atomic E-state index is 0.751. The lowest BCUT2D eigenvalue weighted by Crippen LogP contribution is -1.95. The van der Waals surface area contributed by atoms with E-state index in [1.54, 1.807) is 0 Å². The van der Waals surface area contributed by atoms with E-state index in [0.717, 1.165) is 18.8 Å². The Labute approximate surface area is 88.1 Å². The molecule has 0 atom stereocenters. The molecule has 0 aliphatic carbocycles. The van der Waals surface area contributed by atoms with Crippen LogP contribution < -0.4 is 4.74 Å². The number of ether oxygens (including phenoxy) is 1. The van der Waals surface area contributed by atoms with Crippen LogP contribution in [0.3, 0.4) is 0 Å². The lowest BCUT2D eigenvalue weighted by Gasteiger charge is -2.08. The minimum Gasteiger partial charge on any atom is -0.494 e. The van der Waals surface area contributed by atoms with Gasteiger partial charge in [-0.25, -0.2) is 0 Å². The van der Waals surface area contributed by atoms with Gasteiger partial charge in [0.15, 0.2) is 0 Å². The molecule has 0 aliphatic heterocycles. The topological polar surface area (TPSA) is 9.23 Å². The Bertz CT molecular complexity index is 205. The van der Waals surface area contributed by atoms with E-state index in [1.807, 2.05) is 32.9 Å². The van der Waals surface area contributed by atoms with E-state index in [0.29, 0.717) is 0 Å². The fraction of sp³-hybridized carbons (Fsp3) is 0.538. The number of para-hydroxylation sites is 1. The van der Waals surface area contributed by atoms with Crippen molar-refractivity contribution in [2.45, 2.75) is 40.5 Å². The fourth-order valence-corrected chi connectivity index (χ4v) is 1.28. The molecule has 1 heteroatoms. The maximum atomic E-state index is 5.49. The third-order valence-corrected chi connectivity index (χ3v) is 1.79. The van der Waals surface area contributed by atoms with Gasteiger partial charge in [0.05, 0.1) is 6.61 Å². The van der Waals surface area contributed by atoms with Crippen molar-refractivity contribution in [3.8, 4) is 5.75 Å². The number of aryl methyl sites for hydroxylation is 1. The summed E-state index contributed by atoms with van der Waals surface area (Å²) >= 11 is 0. The van der Waals surface area contributed by atoms with E-state index in [-0.39, 0.29) is 0 Å². The predicted octanol–water partition coefficient (Wildman–Crippen LogP) is 4.06. The van der Waals surface area contributed by atoms with Gasteiger partial charge in [-0.2, -0.15) is 0 Å². The lowest BCUT2D eigenvalue weighted by molar-refractivity contribution is 0.336. The second-order valence-electron chi connectivity index (χ2n) is 2.79. The van der Waals surface area contributed by atoms with Gasteiger partial charge in [-0.05, 0) is 25.0 Å². The summed E-state index contributed by atoms with van der Waals surface area (Å²) in [6.45, 7) is 8.95. The lowest BCUT2D eigenvalue weighted by atomic mass is 10.1. The van der Waals surface area contributed by atoms with Crippen molar-refractivity contribution in [3.05, 3.63) is 29.8 Å². The molecule has 1 rings (SSSR count). The van der Waals surface area contributed by atoms with Gasteiger partial charge in [0.25, 0.3) is 0 Å². The van der Waals surface area contributed by atoms with Crippen molar-refractivity contribution in [2.75, 3.05) is 6.61 Å². The minimum absolute atomic E-state index is 0.751. The van der Waals surface area contributed by atoms with Crippen LogP contribution in [0.1, 0.15) is 39.7 Å². The van der Waals surface area contributed by atoms with Crippen molar-refractivity contribution in [1.82, 2.24) is 0 Å². The molecular formula is C13H22O. The average molecular weight is 194 g/mol. The summed E-state index contributed by atoms with van der Waals surface area (Å²) in [4.78, 5) is 0. The summed E-state index contributed by atoms with van der Waals surface area (Å²) in [5.74, 6) is 1.04. The van der Waals surface area contributed by atoms with Gasteiger partial charge < -0.3 is 4.74 Å². The Morgan fingerprint density at radius 3 is 2.29 bits per heavy atom. The summed E-state index contributed by atoms with van der Waals surface area (Å²) in [5, 5.41) is 0. The molecule has 0 unspecified atom stereocenters. The summed E-state index contributed by atoms with van der Waals surface area (Å²) in [5.41, 5.74) is 1.32. The molecule has 0 fully saturated rings. The monoisotopic (exact) mass is 194 g/mol. The molecular weight excluding hydrogens is 172 g/mol. The summed E-state index contributed by atoms with van der Waals surface area (Å²) in [6.07, 6.45) is 2.28. The fourth-order valence-electron chi connectivity index (χ4n) is 1.28. The van der Waals surface area contributed by atoms with E-state index < -0.39 is 0 Å². The van der Waals surface area contributed by atoms with Gasteiger partial charge in [0, 0.05) is 0 Å². The van der Waals surface area contributed by atoms with Gasteiger partial charge in [-0.3, -0.25) is 0 Å². The Kier molecular flexibility index (Phi) is 8.01. The van der Waals surface area contributed by atoms with E-state index >= 15 is 0 Å². The average Bonchev–Trinajstić information content (AvgIpc) is 2.25. The number of benzene rings is 1. The summed E-state index contributed by atoms with van der Waals surface area (Å²) in [7, 11) is 0. The number of hydrogen-bond donors (Lipinski definition) is 0. The van der Waals surface area contributed by atoms with Crippen LogP contribution in [0.5, 0.6) is 5.75 Å². The number of rotatable bonds is 4. The zero-order valence-corrected chi connectivity index (χ0v) is 9.84. The first kappa shape index (κ1) is 13.0. The Hall–Kier alpha value is -0.980. The standard InChI is InChI=1S/C11H16O.C2H6/c1-3-7-10-8-5-6-9-11(10)12-4-2;1-2/h5-6,8-9H,3-4,7H2,1-2H3;1-2H3. The molecule has 0 radical (unpaired) electrons. The van der Waals surface area contributed by atoms with Crippen molar-refractivity contribution in [3.63, 3.8) is 0 Å². The smallest absolute Gasteiger partial charge is 0.122 e. The molecule has 0 bridgehead atoms. The van der Waals surface area contributed by atoms with Crippen molar-refractivity contribution in [1.29, 1.82) is 0 Å². The second-order valence-corrected chi connectivity index (χ2v) is 2.79. The van der Waals surface area contributed by atoms with Gasteiger partial charge >= 0.3 is 0 Å². The largest absolute Gasteiger partial charge is 0.494 e. The van der Waals surface area contributed by atoms with Crippen molar-refractivity contribution >= 4 is 0 Å². The van der Waals surface area contributed by atoms with Gasteiger partial charge in [0.1, 0.15) is 5.75 Å². The molecule has 1 aromatic rings. The van der Waals surface area contributed by atoms with Crippen LogP contribution in [-0.2, 0) is 6.42 Å². The number of hydrogen-bond acceptors (Lipinski definition) is 1. The SMILES string of the molecule is CC.CCCc1ccccc1OCC. The predicted molar refractivity (Wildman–Crippen MR) is 63.0 cm³/mol. The Morgan fingerprint density at radius 2 is 1.71 bits per heavy atom. The maximum absolute atomic E-state index is 5.49. The van der Waals surface area contributed by atoms with Crippen LogP contribution in [0.4, 0.5) is 0 Å². The summed E-state index contributed by atoms with van der Waals surface area (Å²) < 4.78 is 5.49. The maximum Gasteiger partial charge on any atom is 0.122 e. The molecule has 0 N–H and O–H groups in total. The third kappa shape index (κ3) is 4.31. The quantitative estimate of drug-likeness (QED) is 0.702. The molecule has 80 valence electrons. The second kappa shape index (κ2) is 8.61. The first-order valence-electron chi connectivity index (χ1n) is 5.59. The molecule has 0 aliphatic rings. The zero-order valence-electron chi connectivity index (χ0n) is 9.84. The Morgan fingerprint density at radius 1 is 1.07 bits per heavy atom. The molecule has 1 aromatic carbocycles. The van der Waals surface area contributed by atoms with Crippen LogP contribution in [-0.4, -0.2) is 6.61 Å². The molecule has 0 spiro atoms. The van der Waals surface area contributed by atoms with Crippen molar-refractivity contribution in [2.24, 2.45) is 0 Å². The van der Waals surface area contributed by atoms with Gasteiger partial charge in [-0.1, -0.05) is 45.4 Å². The molecule has 0 saturated heterocycles. The molecule has 0 amide bonds. The molecule has 0 saturated carbocycles. The zero-order chi connectivity index (χ0) is 10.8. The normalized spacial score (nSPS) is 8.86. The van der Waals surface area contributed by atoms with Crippen LogP contribution >= 0.6 is 0 Å². The molecule has 0 heterocycles. The van der Waals surface area contributed by atoms with Crippen LogP contribution in [0.15, 0.2) is 24.3 Å². The molecule has 14 heavy (non-hydrogen) atoms.